The summed E-state index contributed by atoms with van der Waals surface area (Å²) in [4.78, 5) is 4.59. The Morgan fingerprint density at radius 3 is 2.57 bits per heavy atom. The number of hydrogen-bond donors (Lipinski definition) is 1. The van der Waals surface area contributed by atoms with E-state index < -0.39 is 0 Å². The predicted octanol–water partition coefficient (Wildman–Crippen LogP) is 3.37. The first kappa shape index (κ1) is 16.6. The molecule has 1 aliphatic rings. The summed E-state index contributed by atoms with van der Waals surface area (Å²) in [5.41, 5.74) is 2.41. The van der Waals surface area contributed by atoms with Crippen LogP contribution in [0.3, 0.4) is 0 Å². The fraction of sp³-hybridized carbons (Fsp3) is 0.647. The Morgan fingerprint density at radius 2 is 2.05 bits per heavy atom. The molecule has 1 aromatic carbocycles. The zero-order valence-electron chi connectivity index (χ0n) is 13.7. The number of rotatable bonds is 8. The SMILES string of the molecule is CCN(c1ccc(CNC2CC2)cc1Cl)C(C)CN(C)C. The Labute approximate surface area is 134 Å². The van der Waals surface area contributed by atoms with Crippen molar-refractivity contribution in [1.29, 1.82) is 0 Å². The summed E-state index contributed by atoms with van der Waals surface area (Å²) in [6, 6.07) is 7.65. The summed E-state index contributed by atoms with van der Waals surface area (Å²) in [7, 11) is 4.22. The topological polar surface area (TPSA) is 18.5 Å². The molecule has 1 unspecified atom stereocenters. The van der Waals surface area contributed by atoms with E-state index in [1.807, 2.05) is 0 Å². The van der Waals surface area contributed by atoms with Crippen molar-refractivity contribution in [3.63, 3.8) is 0 Å². The van der Waals surface area contributed by atoms with Crippen molar-refractivity contribution < 1.29 is 0 Å². The van der Waals surface area contributed by atoms with Gasteiger partial charge in [-0.05, 0) is 58.5 Å². The van der Waals surface area contributed by atoms with Crippen molar-refractivity contribution in [2.75, 3.05) is 32.1 Å². The van der Waals surface area contributed by atoms with E-state index in [4.69, 9.17) is 11.6 Å². The van der Waals surface area contributed by atoms with Gasteiger partial charge in [-0.25, -0.2) is 0 Å². The molecule has 0 amide bonds. The Hall–Kier alpha value is -0.770. The van der Waals surface area contributed by atoms with Crippen LogP contribution in [0.5, 0.6) is 0 Å². The van der Waals surface area contributed by atoms with E-state index in [0.29, 0.717) is 6.04 Å². The van der Waals surface area contributed by atoms with E-state index in [-0.39, 0.29) is 0 Å². The molecular weight excluding hydrogens is 282 g/mol. The molecular formula is C17H28ClN3. The quantitative estimate of drug-likeness (QED) is 0.794. The van der Waals surface area contributed by atoms with Gasteiger partial charge in [-0.2, -0.15) is 0 Å². The number of likely N-dealkylation sites (N-methyl/N-ethyl adjacent to an activating group) is 2. The predicted molar refractivity (Wildman–Crippen MR) is 92.3 cm³/mol. The molecule has 1 aliphatic carbocycles. The van der Waals surface area contributed by atoms with Gasteiger partial charge in [0.1, 0.15) is 0 Å². The van der Waals surface area contributed by atoms with Crippen LogP contribution in [-0.4, -0.2) is 44.2 Å². The van der Waals surface area contributed by atoms with Gasteiger partial charge in [0.2, 0.25) is 0 Å². The van der Waals surface area contributed by atoms with Gasteiger partial charge in [0.15, 0.2) is 0 Å². The molecule has 118 valence electrons. The van der Waals surface area contributed by atoms with Crippen molar-refractivity contribution in [2.24, 2.45) is 0 Å². The van der Waals surface area contributed by atoms with Crippen LogP contribution in [0.15, 0.2) is 18.2 Å². The molecule has 1 fully saturated rings. The third kappa shape index (κ3) is 4.87. The third-order valence-electron chi connectivity index (χ3n) is 4.00. The lowest BCUT2D eigenvalue weighted by Crippen LogP contribution is -2.40. The van der Waals surface area contributed by atoms with Gasteiger partial charge >= 0.3 is 0 Å². The summed E-state index contributed by atoms with van der Waals surface area (Å²) in [6.07, 6.45) is 2.63. The van der Waals surface area contributed by atoms with E-state index in [1.54, 1.807) is 0 Å². The summed E-state index contributed by atoms with van der Waals surface area (Å²) < 4.78 is 0. The van der Waals surface area contributed by atoms with Crippen LogP contribution in [0.4, 0.5) is 5.69 Å². The number of halogens is 1. The molecule has 4 heteroatoms. The average molecular weight is 310 g/mol. The number of hydrogen-bond acceptors (Lipinski definition) is 3. The van der Waals surface area contributed by atoms with Crippen LogP contribution in [0.2, 0.25) is 5.02 Å². The molecule has 21 heavy (non-hydrogen) atoms. The van der Waals surface area contributed by atoms with Gasteiger partial charge in [0.25, 0.3) is 0 Å². The normalized spacial score (nSPS) is 16.3. The maximum atomic E-state index is 6.53. The van der Waals surface area contributed by atoms with E-state index in [2.05, 4.69) is 61.3 Å². The van der Waals surface area contributed by atoms with Crippen LogP contribution in [-0.2, 0) is 6.54 Å². The Bertz CT molecular complexity index is 457. The van der Waals surface area contributed by atoms with Gasteiger partial charge in [-0.15, -0.1) is 0 Å². The largest absolute Gasteiger partial charge is 0.367 e. The molecule has 1 N–H and O–H groups in total. The molecule has 0 heterocycles. The molecule has 2 rings (SSSR count). The fourth-order valence-corrected chi connectivity index (χ4v) is 3.10. The second kappa shape index (κ2) is 7.48. The Morgan fingerprint density at radius 1 is 1.33 bits per heavy atom. The van der Waals surface area contributed by atoms with Gasteiger partial charge in [0, 0.05) is 31.7 Å². The van der Waals surface area contributed by atoms with Gasteiger partial charge in [0.05, 0.1) is 10.7 Å². The monoisotopic (exact) mass is 309 g/mol. The molecule has 0 bridgehead atoms. The Kier molecular flexibility index (Phi) is 5.91. The first-order valence-corrected chi connectivity index (χ1v) is 8.32. The van der Waals surface area contributed by atoms with E-state index in [9.17, 15) is 0 Å². The number of benzene rings is 1. The zero-order valence-corrected chi connectivity index (χ0v) is 14.5. The first-order valence-electron chi connectivity index (χ1n) is 7.94. The molecule has 0 spiro atoms. The first-order chi connectivity index (χ1) is 10.0. The van der Waals surface area contributed by atoms with Crippen molar-refractivity contribution in [2.45, 2.75) is 45.3 Å². The van der Waals surface area contributed by atoms with E-state index in [1.165, 1.54) is 18.4 Å². The maximum absolute atomic E-state index is 6.53. The highest BCUT2D eigenvalue weighted by molar-refractivity contribution is 6.33. The summed E-state index contributed by atoms with van der Waals surface area (Å²) in [5.74, 6) is 0. The summed E-state index contributed by atoms with van der Waals surface area (Å²) >= 11 is 6.53. The lowest BCUT2D eigenvalue weighted by Gasteiger charge is -2.33. The fourth-order valence-electron chi connectivity index (χ4n) is 2.79. The molecule has 3 nitrogen and oxygen atoms in total. The minimum atomic E-state index is 0.443. The molecule has 1 aromatic rings. The van der Waals surface area contributed by atoms with Gasteiger partial charge in [-0.3, -0.25) is 0 Å². The lowest BCUT2D eigenvalue weighted by molar-refractivity contribution is 0.373. The van der Waals surface area contributed by atoms with Crippen LogP contribution in [0.1, 0.15) is 32.3 Å². The van der Waals surface area contributed by atoms with Gasteiger partial charge < -0.3 is 15.1 Å². The molecule has 0 aromatic heterocycles. The Balaban J connectivity index is 2.05. The highest BCUT2D eigenvalue weighted by Gasteiger charge is 2.20. The molecule has 1 saturated carbocycles. The molecule has 0 radical (unpaired) electrons. The van der Waals surface area contributed by atoms with Crippen molar-refractivity contribution in [3.8, 4) is 0 Å². The minimum Gasteiger partial charge on any atom is -0.367 e. The van der Waals surface area contributed by atoms with E-state index >= 15 is 0 Å². The molecule has 0 saturated heterocycles. The smallest absolute Gasteiger partial charge is 0.0642 e. The number of nitrogens with one attached hydrogen (secondary N) is 1. The third-order valence-corrected chi connectivity index (χ3v) is 4.30. The van der Waals surface area contributed by atoms with E-state index in [0.717, 1.165) is 36.4 Å². The number of anilines is 1. The minimum absolute atomic E-state index is 0.443. The van der Waals surface area contributed by atoms with Gasteiger partial charge in [-0.1, -0.05) is 17.7 Å². The van der Waals surface area contributed by atoms with Crippen LogP contribution in [0, 0.1) is 0 Å². The second-order valence-corrected chi connectivity index (χ2v) is 6.75. The van der Waals surface area contributed by atoms with Crippen LogP contribution < -0.4 is 10.2 Å². The van der Waals surface area contributed by atoms with Crippen molar-refractivity contribution >= 4 is 17.3 Å². The average Bonchev–Trinajstić information content (AvgIpc) is 3.22. The van der Waals surface area contributed by atoms with Crippen LogP contribution >= 0.6 is 11.6 Å². The highest BCUT2D eigenvalue weighted by Crippen LogP contribution is 2.29. The standard InChI is InChI=1S/C17H28ClN3/c1-5-21(13(2)12-20(3)4)17-9-6-14(10-16(17)18)11-19-15-7-8-15/h6,9-10,13,15,19H,5,7-8,11-12H2,1-4H3. The highest BCUT2D eigenvalue weighted by atomic mass is 35.5. The number of nitrogens with zero attached hydrogens (tertiary/aromatic N) is 2. The maximum Gasteiger partial charge on any atom is 0.0642 e. The summed E-state index contributed by atoms with van der Waals surface area (Å²) in [6.45, 7) is 7.35. The molecule has 1 atom stereocenters. The summed E-state index contributed by atoms with van der Waals surface area (Å²) in [5, 5.41) is 4.39. The lowest BCUT2D eigenvalue weighted by atomic mass is 10.1. The van der Waals surface area contributed by atoms with Crippen molar-refractivity contribution in [3.05, 3.63) is 28.8 Å². The molecule has 0 aliphatic heterocycles. The van der Waals surface area contributed by atoms with Crippen LogP contribution in [0.25, 0.3) is 0 Å². The second-order valence-electron chi connectivity index (χ2n) is 6.34. The zero-order chi connectivity index (χ0) is 15.4. The van der Waals surface area contributed by atoms with Crippen molar-refractivity contribution in [1.82, 2.24) is 10.2 Å².